The molecule has 0 aliphatic carbocycles. The molecule has 0 N–H and O–H groups in total. The Morgan fingerprint density at radius 2 is 1.80 bits per heavy atom. The highest BCUT2D eigenvalue weighted by Crippen LogP contribution is 2.30. The van der Waals surface area contributed by atoms with Crippen LogP contribution < -0.4 is 4.90 Å². The minimum atomic E-state index is -0.439. The normalized spacial score (nSPS) is 15.0. The quantitative estimate of drug-likeness (QED) is 0.619. The molecule has 1 heterocycles. The lowest BCUT2D eigenvalue weighted by atomic mass is 10.1. The molecule has 0 radical (unpaired) electrons. The van der Waals surface area contributed by atoms with Gasteiger partial charge in [-0.1, -0.05) is 23.7 Å². The molecule has 0 bridgehead atoms. The Morgan fingerprint density at radius 3 is 2.36 bits per heavy atom. The maximum absolute atomic E-state index is 10.8. The summed E-state index contributed by atoms with van der Waals surface area (Å²) in [6.45, 7) is 4.23. The summed E-state index contributed by atoms with van der Waals surface area (Å²) >= 11 is 6.22. The molecule has 1 saturated heterocycles. The van der Waals surface area contributed by atoms with E-state index in [0.29, 0.717) is 10.6 Å². The summed E-state index contributed by atoms with van der Waals surface area (Å²) < 4.78 is 0. The van der Waals surface area contributed by atoms with Crippen LogP contribution in [0.5, 0.6) is 0 Å². The SMILES string of the molecule is N#Cc1ccc(CN2CCN(c3ccc([N+](=O)[O-])cc3Cl)CC2)cc1. The second-order valence-corrected chi connectivity index (χ2v) is 6.37. The number of benzene rings is 2. The molecule has 25 heavy (non-hydrogen) atoms. The number of hydrogen-bond donors (Lipinski definition) is 0. The van der Waals surface area contributed by atoms with Gasteiger partial charge in [-0.15, -0.1) is 0 Å². The summed E-state index contributed by atoms with van der Waals surface area (Å²) in [4.78, 5) is 14.9. The monoisotopic (exact) mass is 356 g/mol. The molecule has 1 aliphatic rings. The van der Waals surface area contributed by atoms with Gasteiger partial charge in [-0.05, 0) is 23.8 Å². The predicted molar refractivity (Wildman–Crippen MR) is 96.8 cm³/mol. The minimum absolute atomic E-state index is 0.00759. The molecular weight excluding hydrogens is 340 g/mol. The van der Waals surface area contributed by atoms with E-state index < -0.39 is 4.92 Å². The smallest absolute Gasteiger partial charge is 0.271 e. The van der Waals surface area contributed by atoms with E-state index in [1.807, 2.05) is 24.3 Å². The van der Waals surface area contributed by atoms with Gasteiger partial charge >= 0.3 is 0 Å². The fourth-order valence-electron chi connectivity index (χ4n) is 2.96. The lowest BCUT2D eigenvalue weighted by Crippen LogP contribution is -2.46. The van der Waals surface area contributed by atoms with E-state index in [9.17, 15) is 10.1 Å². The first-order valence-corrected chi connectivity index (χ1v) is 8.35. The molecule has 1 fully saturated rings. The summed E-state index contributed by atoms with van der Waals surface area (Å²) in [5.74, 6) is 0. The molecule has 0 spiro atoms. The summed E-state index contributed by atoms with van der Waals surface area (Å²) in [7, 11) is 0. The Hall–Kier alpha value is -2.62. The second-order valence-electron chi connectivity index (χ2n) is 5.96. The number of non-ortho nitro benzene ring substituents is 1. The first kappa shape index (κ1) is 17.2. The van der Waals surface area contributed by atoms with Gasteiger partial charge < -0.3 is 4.90 Å². The van der Waals surface area contributed by atoms with Crippen molar-refractivity contribution in [3.8, 4) is 6.07 Å². The van der Waals surface area contributed by atoms with Crippen molar-refractivity contribution in [2.45, 2.75) is 6.54 Å². The number of piperazine rings is 1. The summed E-state index contributed by atoms with van der Waals surface area (Å²) in [5, 5.41) is 20.1. The Labute approximate surface area is 151 Å². The molecule has 0 saturated carbocycles. The van der Waals surface area contributed by atoms with Crippen molar-refractivity contribution in [2.75, 3.05) is 31.1 Å². The lowest BCUT2D eigenvalue weighted by molar-refractivity contribution is -0.384. The van der Waals surface area contributed by atoms with E-state index in [1.54, 1.807) is 6.07 Å². The van der Waals surface area contributed by atoms with Gasteiger partial charge in [0.1, 0.15) is 0 Å². The van der Waals surface area contributed by atoms with Crippen LogP contribution in [0, 0.1) is 21.4 Å². The van der Waals surface area contributed by atoms with Crippen LogP contribution in [0.3, 0.4) is 0 Å². The van der Waals surface area contributed by atoms with E-state index >= 15 is 0 Å². The van der Waals surface area contributed by atoms with Crippen molar-refractivity contribution >= 4 is 23.0 Å². The Balaban J connectivity index is 1.60. The van der Waals surface area contributed by atoms with E-state index in [-0.39, 0.29) is 5.69 Å². The fraction of sp³-hybridized carbons (Fsp3) is 0.278. The van der Waals surface area contributed by atoms with Gasteiger partial charge in [-0.25, -0.2) is 0 Å². The Kier molecular flexibility index (Phi) is 5.17. The van der Waals surface area contributed by atoms with Gasteiger partial charge in [-0.2, -0.15) is 5.26 Å². The van der Waals surface area contributed by atoms with Crippen molar-refractivity contribution in [3.05, 3.63) is 68.7 Å². The molecule has 7 heteroatoms. The fourth-order valence-corrected chi connectivity index (χ4v) is 3.25. The van der Waals surface area contributed by atoms with Crippen LogP contribution in [0.15, 0.2) is 42.5 Å². The Bertz CT molecular complexity index is 809. The number of nitro groups is 1. The lowest BCUT2D eigenvalue weighted by Gasteiger charge is -2.36. The number of nitro benzene ring substituents is 1. The zero-order chi connectivity index (χ0) is 17.8. The average molecular weight is 357 g/mol. The van der Waals surface area contributed by atoms with Crippen molar-refractivity contribution < 1.29 is 4.92 Å². The number of hydrogen-bond acceptors (Lipinski definition) is 5. The topological polar surface area (TPSA) is 73.4 Å². The van der Waals surface area contributed by atoms with E-state index in [0.717, 1.165) is 38.4 Å². The van der Waals surface area contributed by atoms with Crippen LogP contribution in [0.1, 0.15) is 11.1 Å². The van der Waals surface area contributed by atoms with Gasteiger partial charge in [0.25, 0.3) is 5.69 Å². The van der Waals surface area contributed by atoms with Gasteiger partial charge in [0.15, 0.2) is 0 Å². The molecule has 1 aliphatic heterocycles. The highest BCUT2D eigenvalue weighted by Gasteiger charge is 2.20. The van der Waals surface area contributed by atoms with Gasteiger partial charge in [0.05, 0.1) is 27.3 Å². The summed E-state index contributed by atoms with van der Waals surface area (Å²) in [6.07, 6.45) is 0. The van der Waals surface area contributed by atoms with Crippen molar-refractivity contribution in [3.63, 3.8) is 0 Å². The molecule has 0 atom stereocenters. The molecule has 0 unspecified atom stereocenters. The van der Waals surface area contributed by atoms with Crippen molar-refractivity contribution in [2.24, 2.45) is 0 Å². The zero-order valence-electron chi connectivity index (χ0n) is 13.6. The third-order valence-electron chi connectivity index (χ3n) is 4.34. The van der Waals surface area contributed by atoms with Crippen LogP contribution >= 0.6 is 11.6 Å². The first-order chi connectivity index (χ1) is 12.1. The van der Waals surface area contributed by atoms with Crippen molar-refractivity contribution in [1.29, 1.82) is 5.26 Å². The molecule has 3 rings (SSSR count). The van der Waals surface area contributed by atoms with E-state index in [2.05, 4.69) is 15.9 Å². The number of nitriles is 1. The number of halogens is 1. The molecule has 0 aromatic heterocycles. The third kappa shape index (κ3) is 4.08. The van der Waals surface area contributed by atoms with Crippen molar-refractivity contribution in [1.82, 2.24) is 4.90 Å². The summed E-state index contributed by atoms with van der Waals surface area (Å²) in [6, 6.07) is 14.4. The standard InChI is InChI=1S/C18H17ClN4O2/c19-17-11-16(23(24)25)5-6-18(17)22-9-7-21(8-10-22)13-15-3-1-14(12-20)2-4-15/h1-6,11H,7-10,13H2. The Morgan fingerprint density at radius 1 is 1.12 bits per heavy atom. The van der Waals surface area contributed by atoms with E-state index in [1.165, 1.54) is 17.7 Å². The molecule has 2 aromatic rings. The zero-order valence-corrected chi connectivity index (χ0v) is 14.3. The van der Waals surface area contributed by atoms with Crippen LogP contribution in [-0.2, 0) is 6.54 Å². The van der Waals surface area contributed by atoms with Crippen LogP contribution in [0.4, 0.5) is 11.4 Å². The average Bonchev–Trinajstić information content (AvgIpc) is 2.63. The maximum atomic E-state index is 10.8. The number of nitrogens with zero attached hydrogens (tertiary/aromatic N) is 4. The third-order valence-corrected chi connectivity index (χ3v) is 4.65. The number of anilines is 1. The van der Waals surface area contributed by atoms with Gasteiger partial charge in [0.2, 0.25) is 0 Å². The van der Waals surface area contributed by atoms with Gasteiger partial charge in [-0.3, -0.25) is 15.0 Å². The predicted octanol–water partition coefficient (Wildman–Crippen LogP) is 3.44. The number of rotatable bonds is 4. The van der Waals surface area contributed by atoms with Gasteiger partial charge in [0, 0.05) is 44.9 Å². The van der Waals surface area contributed by atoms with Crippen LogP contribution in [0.25, 0.3) is 0 Å². The maximum Gasteiger partial charge on any atom is 0.271 e. The highest BCUT2D eigenvalue weighted by atomic mass is 35.5. The highest BCUT2D eigenvalue weighted by molar-refractivity contribution is 6.33. The second kappa shape index (κ2) is 7.51. The minimum Gasteiger partial charge on any atom is -0.368 e. The van der Waals surface area contributed by atoms with Crippen LogP contribution in [0.2, 0.25) is 5.02 Å². The molecule has 2 aromatic carbocycles. The molecule has 128 valence electrons. The van der Waals surface area contributed by atoms with E-state index in [4.69, 9.17) is 16.9 Å². The first-order valence-electron chi connectivity index (χ1n) is 7.97. The molecular formula is C18H17ClN4O2. The van der Waals surface area contributed by atoms with Crippen LogP contribution in [-0.4, -0.2) is 36.0 Å². The largest absolute Gasteiger partial charge is 0.368 e. The molecule has 0 amide bonds. The molecule has 6 nitrogen and oxygen atoms in total. The summed E-state index contributed by atoms with van der Waals surface area (Å²) in [5.41, 5.74) is 2.70.